The van der Waals surface area contributed by atoms with Crippen molar-refractivity contribution in [3.8, 4) is 5.75 Å². The summed E-state index contributed by atoms with van der Waals surface area (Å²) < 4.78 is 6.51. The second kappa shape index (κ2) is 6.73. The van der Waals surface area contributed by atoms with Gasteiger partial charge in [-0.15, -0.1) is 0 Å². The lowest BCUT2D eigenvalue weighted by Crippen LogP contribution is -2.46. The maximum Gasteiger partial charge on any atom is 0.123 e. The van der Waals surface area contributed by atoms with Gasteiger partial charge in [-0.3, -0.25) is 0 Å². The Kier molecular flexibility index (Phi) is 5.25. The number of nitrogens with one attached hydrogen (secondary N) is 1. The molecular formula is C15H23BrN2O. The first-order chi connectivity index (χ1) is 9.10. The van der Waals surface area contributed by atoms with Gasteiger partial charge in [-0.2, -0.15) is 0 Å². The summed E-state index contributed by atoms with van der Waals surface area (Å²) >= 11 is 3.52. The van der Waals surface area contributed by atoms with Crippen LogP contribution in [0.15, 0.2) is 22.7 Å². The average molecular weight is 327 g/mol. The summed E-state index contributed by atoms with van der Waals surface area (Å²) in [6.07, 6.45) is 1.22. The zero-order valence-electron chi connectivity index (χ0n) is 11.9. The molecule has 106 valence electrons. The minimum Gasteiger partial charge on any atom is -0.496 e. The molecule has 2 atom stereocenters. The molecule has 1 N–H and O–H groups in total. The molecule has 19 heavy (non-hydrogen) atoms. The van der Waals surface area contributed by atoms with E-state index in [1.165, 1.54) is 25.1 Å². The quantitative estimate of drug-likeness (QED) is 0.920. The summed E-state index contributed by atoms with van der Waals surface area (Å²) in [5.74, 6) is 1.65. The number of hydrogen-bond donors (Lipinski definition) is 1. The van der Waals surface area contributed by atoms with Gasteiger partial charge in [-0.1, -0.05) is 22.9 Å². The lowest BCUT2D eigenvalue weighted by atomic mass is 9.94. The SMILES string of the molecule is COc1ccc(Br)cc1CNC1CCN(C)CC1C. The molecule has 3 nitrogen and oxygen atoms in total. The Labute approximate surface area is 124 Å². The van der Waals surface area contributed by atoms with Crippen LogP contribution in [-0.4, -0.2) is 38.2 Å². The van der Waals surface area contributed by atoms with Crippen molar-refractivity contribution in [1.29, 1.82) is 0 Å². The van der Waals surface area contributed by atoms with E-state index in [0.717, 1.165) is 16.8 Å². The van der Waals surface area contributed by atoms with Crippen molar-refractivity contribution in [1.82, 2.24) is 10.2 Å². The van der Waals surface area contributed by atoms with Crippen LogP contribution in [-0.2, 0) is 6.54 Å². The predicted molar refractivity (Wildman–Crippen MR) is 82.6 cm³/mol. The van der Waals surface area contributed by atoms with Gasteiger partial charge in [0.25, 0.3) is 0 Å². The highest BCUT2D eigenvalue weighted by molar-refractivity contribution is 9.10. The maximum absolute atomic E-state index is 5.42. The molecule has 2 unspecified atom stereocenters. The van der Waals surface area contributed by atoms with Crippen LogP contribution in [0.1, 0.15) is 18.9 Å². The third-order valence-electron chi connectivity index (χ3n) is 3.91. The molecule has 0 amide bonds. The maximum atomic E-state index is 5.42. The summed E-state index contributed by atoms with van der Waals surface area (Å²) in [4.78, 5) is 2.41. The van der Waals surface area contributed by atoms with E-state index in [1.54, 1.807) is 7.11 Å². The molecule has 0 saturated carbocycles. The fraction of sp³-hybridized carbons (Fsp3) is 0.600. The summed E-state index contributed by atoms with van der Waals surface area (Å²) in [5.41, 5.74) is 1.21. The number of hydrogen-bond acceptors (Lipinski definition) is 3. The molecule has 0 aromatic heterocycles. The van der Waals surface area contributed by atoms with Crippen LogP contribution in [0, 0.1) is 5.92 Å². The van der Waals surface area contributed by atoms with E-state index in [4.69, 9.17) is 4.74 Å². The largest absolute Gasteiger partial charge is 0.496 e. The zero-order valence-corrected chi connectivity index (χ0v) is 13.5. The molecule has 0 spiro atoms. The fourth-order valence-corrected chi connectivity index (χ4v) is 3.19. The number of methoxy groups -OCH3 is 1. The van der Waals surface area contributed by atoms with E-state index < -0.39 is 0 Å². The van der Waals surface area contributed by atoms with E-state index >= 15 is 0 Å². The number of ether oxygens (including phenoxy) is 1. The highest BCUT2D eigenvalue weighted by Crippen LogP contribution is 2.24. The second-order valence-electron chi connectivity index (χ2n) is 5.47. The Bertz CT molecular complexity index is 425. The summed E-state index contributed by atoms with van der Waals surface area (Å²) in [6.45, 7) is 5.54. The Hall–Kier alpha value is -0.580. The van der Waals surface area contributed by atoms with E-state index in [0.29, 0.717) is 12.0 Å². The van der Waals surface area contributed by atoms with Crippen molar-refractivity contribution in [3.05, 3.63) is 28.2 Å². The lowest BCUT2D eigenvalue weighted by Gasteiger charge is -2.35. The van der Waals surface area contributed by atoms with Gasteiger partial charge in [-0.25, -0.2) is 0 Å². The van der Waals surface area contributed by atoms with Crippen LogP contribution in [0.25, 0.3) is 0 Å². The van der Waals surface area contributed by atoms with Gasteiger partial charge in [0.1, 0.15) is 5.75 Å². The molecule has 1 saturated heterocycles. The van der Waals surface area contributed by atoms with Crippen molar-refractivity contribution in [2.24, 2.45) is 5.92 Å². The van der Waals surface area contributed by atoms with Gasteiger partial charge in [-0.05, 0) is 44.1 Å². The number of nitrogens with zero attached hydrogens (tertiary/aromatic N) is 1. The first kappa shape index (κ1) is 14.8. The number of halogens is 1. The molecule has 0 radical (unpaired) electrons. The Morgan fingerprint density at radius 2 is 2.26 bits per heavy atom. The molecular weight excluding hydrogens is 304 g/mol. The second-order valence-corrected chi connectivity index (χ2v) is 6.39. The Morgan fingerprint density at radius 3 is 2.95 bits per heavy atom. The van der Waals surface area contributed by atoms with Crippen LogP contribution in [0.3, 0.4) is 0 Å². The molecule has 1 aromatic rings. The van der Waals surface area contributed by atoms with E-state index in [2.05, 4.69) is 46.2 Å². The topological polar surface area (TPSA) is 24.5 Å². The third kappa shape index (κ3) is 3.94. The molecule has 0 aliphatic carbocycles. The lowest BCUT2D eigenvalue weighted by molar-refractivity contribution is 0.174. The molecule has 1 aliphatic heterocycles. The zero-order chi connectivity index (χ0) is 13.8. The Balaban J connectivity index is 1.96. The number of likely N-dealkylation sites (tertiary alicyclic amines) is 1. The van der Waals surface area contributed by atoms with Crippen LogP contribution < -0.4 is 10.1 Å². The molecule has 4 heteroatoms. The van der Waals surface area contributed by atoms with Crippen molar-refractivity contribution in [3.63, 3.8) is 0 Å². The number of rotatable bonds is 4. The monoisotopic (exact) mass is 326 g/mol. The van der Waals surface area contributed by atoms with Crippen LogP contribution in [0.2, 0.25) is 0 Å². The molecule has 1 heterocycles. The average Bonchev–Trinajstić information content (AvgIpc) is 2.38. The molecule has 1 fully saturated rings. The van der Waals surface area contributed by atoms with Crippen molar-refractivity contribution < 1.29 is 4.74 Å². The summed E-state index contributed by atoms with van der Waals surface area (Å²) in [6, 6.07) is 6.76. The Morgan fingerprint density at radius 1 is 1.47 bits per heavy atom. The van der Waals surface area contributed by atoms with Gasteiger partial charge < -0.3 is 15.0 Å². The molecule has 1 aromatic carbocycles. The van der Waals surface area contributed by atoms with E-state index in [9.17, 15) is 0 Å². The number of piperidine rings is 1. The summed E-state index contributed by atoms with van der Waals surface area (Å²) in [5, 5.41) is 3.68. The number of benzene rings is 1. The first-order valence-corrected chi connectivity index (χ1v) is 7.64. The van der Waals surface area contributed by atoms with Gasteiger partial charge >= 0.3 is 0 Å². The summed E-state index contributed by atoms with van der Waals surface area (Å²) in [7, 11) is 3.93. The van der Waals surface area contributed by atoms with Crippen LogP contribution in [0.4, 0.5) is 0 Å². The minimum absolute atomic E-state index is 0.597. The molecule has 0 bridgehead atoms. The van der Waals surface area contributed by atoms with E-state index in [-0.39, 0.29) is 0 Å². The van der Waals surface area contributed by atoms with Crippen molar-refractivity contribution >= 4 is 15.9 Å². The predicted octanol–water partition coefficient (Wildman–Crippen LogP) is 2.89. The first-order valence-electron chi connectivity index (χ1n) is 6.84. The van der Waals surface area contributed by atoms with Gasteiger partial charge in [0.15, 0.2) is 0 Å². The highest BCUT2D eigenvalue weighted by Gasteiger charge is 2.23. The molecule has 2 rings (SSSR count). The van der Waals surface area contributed by atoms with Crippen molar-refractivity contribution in [2.75, 3.05) is 27.2 Å². The van der Waals surface area contributed by atoms with Gasteiger partial charge in [0, 0.05) is 29.2 Å². The smallest absolute Gasteiger partial charge is 0.123 e. The van der Waals surface area contributed by atoms with Crippen LogP contribution >= 0.6 is 15.9 Å². The minimum atomic E-state index is 0.597. The van der Waals surface area contributed by atoms with Crippen molar-refractivity contribution in [2.45, 2.75) is 25.9 Å². The molecule has 1 aliphatic rings. The normalized spacial score (nSPS) is 24.4. The van der Waals surface area contributed by atoms with E-state index in [1.807, 2.05) is 12.1 Å². The standard InChI is InChI=1S/C15H23BrN2O/c1-11-10-18(2)7-6-14(11)17-9-12-8-13(16)4-5-15(12)19-3/h4-5,8,11,14,17H,6-7,9-10H2,1-3H3. The van der Waals surface area contributed by atoms with Gasteiger partial charge in [0.2, 0.25) is 0 Å². The fourth-order valence-electron chi connectivity index (χ4n) is 2.78. The highest BCUT2D eigenvalue weighted by atomic mass is 79.9. The van der Waals surface area contributed by atoms with Gasteiger partial charge in [0.05, 0.1) is 7.11 Å². The van der Waals surface area contributed by atoms with Crippen LogP contribution in [0.5, 0.6) is 5.75 Å². The third-order valence-corrected chi connectivity index (χ3v) is 4.40.